The molecule has 0 spiro atoms. The Morgan fingerprint density at radius 2 is 2.03 bits per heavy atom. The van der Waals surface area contributed by atoms with Crippen molar-refractivity contribution in [1.82, 2.24) is 19.5 Å². The summed E-state index contributed by atoms with van der Waals surface area (Å²) in [6.45, 7) is 10.1. The Morgan fingerprint density at radius 3 is 2.76 bits per heavy atom. The first-order valence-corrected chi connectivity index (χ1v) is 10.5. The molecule has 8 heteroatoms. The van der Waals surface area contributed by atoms with Crippen molar-refractivity contribution in [3.8, 4) is 11.4 Å². The summed E-state index contributed by atoms with van der Waals surface area (Å²) in [5, 5.41) is 14.6. The summed E-state index contributed by atoms with van der Waals surface area (Å²) in [5.74, 6) is -0.100. The Kier molecular flexibility index (Phi) is 8.00. The lowest BCUT2D eigenvalue weighted by molar-refractivity contribution is 0.0182. The van der Waals surface area contributed by atoms with E-state index in [-0.39, 0.29) is 6.54 Å². The number of aliphatic hydroxyl groups excluding tert-OH is 1. The van der Waals surface area contributed by atoms with Crippen LogP contribution in [0.3, 0.4) is 0 Å². The lowest BCUT2D eigenvalue weighted by Gasteiger charge is -2.41. The quantitative estimate of drug-likeness (QED) is 0.598. The summed E-state index contributed by atoms with van der Waals surface area (Å²) in [6, 6.07) is 9.85. The molecule has 8 nitrogen and oxygen atoms in total. The van der Waals surface area contributed by atoms with Crippen molar-refractivity contribution in [2.24, 2.45) is 0 Å². The van der Waals surface area contributed by atoms with E-state index < -0.39 is 11.9 Å². The van der Waals surface area contributed by atoms with Crippen molar-refractivity contribution in [3.63, 3.8) is 0 Å². The largest absolute Gasteiger partial charge is 0.441 e. The molecule has 0 aliphatic carbocycles. The number of hydrogen-bond acceptors (Lipinski definition) is 7. The van der Waals surface area contributed by atoms with Crippen LogP contribution in [0, 0.1) is 0 Å². The van der Waals surface area contributed by atoms with Gasteiger partial charge in [-0.05, 0) is 13.3 Å². The van der Waals surface area contributed by atoms with Gasteiger partial charge in [-0.2, -0.15) is 0 Å². The monoisotopic (exact) mass is 404 g/mol. The van der Waals surface area contributed by atoms with E-state index in [9.17, 15) is 9.90 Å². The van der Waals surface area contributed by atoms with E-state index in [2.05, 4.69) is 21.9 Å². The van der Waals surface area contributed by atoms with Gasteiger partial charge in [0.1, 0.15) is 0 Å². The zero-order chi connectivity index (χ0) is 20.6. The molecule has 1 saturated heterocycles. The smallest absolute Gasteiger partial charge is 0.390 e. The zero-order valence-corrected chi connectivity index (χ0v) is 17.4. The van der Waals surface area contributed by atoms with Crippen LogP contribution in [0.25, 0.3) is 11.4 Å². The van der Waals surface area contributed by atoms with Gasteiger partial charge in [0, 0.05) is 50.9 Å². The second kappa shape index (κ2) is 10.7. The van der Waals surface area contributed by atoms with Gasteiger partial charge < -0.3 is 9.84 Å². The second-order valence-corrected chi connectivity index (χ2v) is 7.46. The fourth-order valence-electron chi connectivity index (χ4n) is 3.92. The minimum atomic E-state index is -0.679. The number of aliphatic hydroxyl groups is 1. The molecule has 0 saturated carbocycles. The Morgan fingerprint density at radius 1 is 1.24 bits per heavy atom. The summed E-state index contributed by atoms with van der Waals surface area (Å²) in [7, 11) is 0. The van der Waals surface area contributed by atoms with E-state index in [1.165, 1.54) is 4.57 Å². The fourth-order valence-corrected chi connectivity index (χ4v) is 3.92. The molecule has 160 valence electrons. The molecule has 0 radical (unpaired) electrons. The summed E-state index contributed by atoms with van der Waals surface area (Å²) in [4.78, 5) is 16.8. The average molecular weight is 405 g/mol. The molecular formula is C21H32N4O4. The number of rotatable bonds is 10. The topological polar surface area (TPSA) is 84.0 Å². The number of hydrogen-bond donors (Lipinski definition) is 1. The van der Waals surface area contributed by atoms with Crippen molar-refractivity contribution >= 4 is 0 Å². The predicted molar refractivity (Wildman–Crippen MR) is 111 cm³/mol. The molecule has 29 heavy (non-hydrogen) atoms. The van der Waals surface area contributed by atoms with Crippen molar-refractivity contribution in [3.05, 3.63) is 40.9 Å². The lowest BCUT2D eigenvalue weighted by Crippen LogP contribution is -2.55. The maximum atomic E-state index is 12.1. The van der Waals surface area contributed by atoms with Gasteiger partial charge in [0.25, 0.3) is 0 Å². The van der Waals surface area contributed by atoms with Crippen molar-refractivity contribution in [2.45, 2.75) is 39.0 Å². The Bertz CT molecular complexity index is 791. The molecule has 1 aliphatic heterocycles. The Balaban J connectivity index is 1.57. The third-order valence-electron chi connectivity index (χ3n) is 5.47. The van der Waals surface area contributed by atoms with Gasteiger partial charge >= 0.3 is 5.76 Å². The van der Waals surface area contributed by atoms with Gasteiger partial charge in [-0.3, -0.25) is 18.9 Å². The molecular weight excluding hydrogens is 372 g/mol. The van der Waals surface area contributed by atoms with Gasteiger partial charge in [-0.1, -0.05) is 42.4 Å². The molecule has 2 atom stereocenters. The fraction of sp³-hybridized carbons (Fsp3) is 0.619. The van der Waals surface area contributed by atoms with Crippen LogP contribution in [0.4, 0.5) is 0 Å². The highest BCUT2D eigenvalue weighted by Crippen LogP contribution is 2.16. The number of ether oxygens (including phenoxy) is 1. The van der Waals surface area contributed by atoms with E-state index in [0.29, 0.717) is 18.4 Å². The number of benzene rings is 1. The molecule has 0 amide bonds. The molecule has 1 aliphatic rings. The van der Waals surface area contributed by atoms with E-state index in [0.717, 1.165) is 51.4 Å². The maximum Gasteiger partial charge on any atom is 0.441 e. The number of aromatic nitrogens is 2. The number of nitrogens with zero attached hydrogens (tertiary/aromatic N) is 4. The van der Waals surface area contributed by atoms with Crippen molar-refractivity contribution < 1.29 is 14.4 Å². The van der Waals surface area contributed by atoms with E-state index >= 15 is 0 Å². The van der Waals surface area contributed by atoms with E-state index in [1.54, 1.807) is 0 Å². The zero-order valence-electron chi connectivity index (χ0n) is 17.4. The van der Waals surface area contributed by atoms with Crippen LogP contribution >= 0.6 is 0 Å². The van der Waals surface area contributed by atoms with Crippen molar-refractivity contribution in [2.75, 3.05) is 45.9 Å². The molecule has 1 aromatic heterocycles. The van der Waals surface area contributed by atoms with Crippen LogP contribution in [0.15, 0.2) is 39.6 Å². The molecule has 2 heterocycles. The second-order valence-electron chi connectivity index (χ2n) is 7.46. The number of β-amino-alcohol motifs (C(OH)–C–C–N with tert-alkyl or cyclic N) is 1. The molecule has 3 rings (SSSR count). The lowest BCUT2D eigenvalue weighted by atomic mass is 10.1. The SMILES string of the molecule is CCOCCN1CCN(CC(O)Cn2c(-c3ccccc3)noc2=O)CC1CC. The predicted octanol–water partition coefficient (Wildman–Crippen LogP) is 1.30. The third kappa shape index (κ3) is 5.76. The van der Waals surface area contributed by atoms with Crippen LogP contribution in [0.2, 0.25) is 0 Å². The molecule has 2 aromatic rings. The number of piperazine rings is 1. The average Bonchev–Trinajstić information content (AvgIpc) is 3.09. The first-order chi connectivity index (χ1) is 14.1. The van der Waals surface area contributed by atoms with E-state index in [1.807, 2.05) is 37.3 Å². The van der Waals surface area contributed by atoms with E-state index in [4.69, 9.17) is 9.26 Å². The molecule has 1 aromatic carbocycles. The Labute approximate surface area is 171 Å². The van der Waals surface area contributed by atoms with Crippen molar-refractivity contribution in [1.29, 1.82) is 0 Å². The van der Waals surface area contributed by atoms with Gasteiger partial charge in [0.05, 0.1) is 19.3 Å². The first kappa shape index (κ1) is 21.7. The summed E-state index contributed by atoms with van der Waals surface area (Å²) in [5.41, 5.74) is 0.791. The minimum absolute atomic E-state index is 0.161. The summed E-state index contributed by atoms with van der Waals surface area (Å²) >= 11 is 0. The molecule has 2 unspecified atom stereocenters. The van der Waals surface area contributed by atoms with Crippen LogP contribution < -0.4 is 5.76 Å². The van der Waals surface area contributed by atoms with Crippen LogP contribution in [-0.4, -0.2) is 82.7 Å². The summed E-state index contributed by atoms with van der Waals surface area (Å²) in [6.07, 6.45) is 0.379. The highest BCUT2D eigenvalue weighted by atomic mass is 16.5. The molecule has 0 bridgehead atoms. The normalized spacial score (nSPS) is 19.5. The highest BCUT2D eigenvalue weighted by Gasteiger charge is 2.27. The molecule has 1 N–H and O–H groups in total. The third-order valence-corrected chi connectivity index (χ3v) is 5.47. The van der Waals surface area contributed by atoms with Crippen LogP contribution in [0.5, 0.6) is 0 Å². The minimum Gasteiger partial charge on any atom is -0.390 e. The van der Waals surface area contributed by atoms with Crippen LogP contribution in [0.1, 0.15) is 20.3 Å². The Hall–Kier alpha value is -2.00. The maximum absolute atomic E-state index is 12.1. The standard InChI is InChI=1S/C21H32N4O4/c1-3-18-14-23(10-11-24(18)12-13-28-4-2)15-19(26)16-25-20(22-29-21(25)27)17-8-6-5-7-9-17/h5-9,18-19,26H,3-4,10-16H2,1-2H3. The summed E-state index contributed by atoms with van der Waals surface area (Å²) < 4.78 is 11.8. The highest BCUT2D eigenvalue weighted by molar-refractivity contribution is 5.54. The van der Waals surface area contributed by atoms with Gasteiger partial charge in [0.15, 0.2) is 5.82 Å². The van der Waals surface area contributed by atoms with Gasteiger partial charge in [-0.25, -0.2) is 4.79 Å². The van der Waals surface area contributed by atoms with Crippen LogP contribution in [-0.2, 0) is 11.3 Å². The van der Waals surface area contributed by atoms with Gasteiger partial charge in [-0.15, -0.1) is 0 Å². The molecule has 1 fully saturated rings. The van der Waals surface area contributed by atoms with Gasteiger partial charge in [0.2, 0.25) is 0 Å². The first-order valence-electron chi connectivity index (χ1n) is 10.5.